The first-order valence-electron chi connectivity index (χ1n) is 7.50. The summed E-state index contributed by atoms with van der Waals surface area (Å²) in [5.74, 6) is -0.584. The SMILES string of the molecule is CCc1ccccc1NC(=O)CNS(=O)(=O)Cc1ccccc1Br. The van der Waals surface area contributed by atoms with Gasteiger partial charge < -0.3 is 5.32 Å². The summed E-state index contributed by atoms with van der Waals surface area (Å²) in [6.07, 6.45) is 0.782. The van der Waals surface area contributed by atoms with Gasteiger partial charge in [0.25, 0.3) is 0 Å². The van der Waals surface area contributed by atoms with Crippen molar-refractivity contribution in [2.75, 3.05) is 11.9 Å². The molecule has 0 fully saturated rings. The average Bonchev–Trinajstić information content (AvgIpc) is 2.56. The molecule has 0 aliphatic heterocycles. The van der Waals surface area contributed by atoms with Gasteiger partial charge in [0, 0.05) is 10.2 Å². The lowest BCUT2D eigenvalue weighted by Crippen LogP contribution is -2.33. The molecule has 0 unspecified atom stereocenters. The van der Waals surface area contributed by atoms with Gasteiger partial charge in [-0.3, -0.25) is 4.79 Å². The number of hydrogen-bond donors (Lipinski definition) is 2. The maximum atomic E-state index is 12.1. The number of anilines is 1. The van der Waals surface area contributed by atoms with Crippen LogP contribution in [0.1, 0.15) is 18.1 Å². The molecule has 2 N–H and O–H groups in total. The summed E-state index contributed by atoms with van der Waals surface area (Å²) in [6.45, 7) is 1.69. The molecule has 0 atom stereocenters. The Morgan fingerprint density at radius 1 is 1.04 bits per heavy atom. The Kier molecular flexibility index (Phi) is 6.53. The first-order valence-corrected chi connectivity index (χ1v) is 9.94. The van der Waals surface area contributed by atoms with Gasteiger partial charge in [0.15, 0.2) is 0 Å². The van der Waals surface area contributed by atoms with Gasteiger partial charge in [0.2, 0.25) is 15.9 Å². The maximum Gasteiger partial charge on any atom is 0.239 e. The number of amides is 1. The van der Waals surface area contributed by atoms with Gasteiger partial charge in [-0.05, 0) is 29.7 Å². The van der Waals surface area contributed by atoms with Crippen molar-refractivity contribution >= 4 is 37.5 Å². The summed E-state index contributed by atoms with van der Waals surface area (Å²) >= 11 is 3.32. The molecule has 1 amide bonds. The first-order chi connectivity index (χ1) is 11.4. The second-order valence-electron chi connectivity index (χ2n) is 5.23. The third-order valence-electron chi connectivity index (χ3n) is 3.43. The second kappa shape index (κ2) is 8.41. The summed E-state index contributed by atoms with van der Waals surface area (Å²) in [4.78, 5) is 12.0. The van der Waals surface area contributed by atoms with E-state index in [-0.39, 0.29) is 12.3 Å². The zero-order valence-electron chi connectivity index (χ0n) is 13.3. The van der Waals surface area contributed by atoms with E-state index in [0.29, 0.717) is 11.3 Å². The van der Waals surface area contributed by atoms with E-state index < -0.39 is 15.9 Å². The maximum absolute atomic E-state index is 12.1. The van der Waals surface area contributed by atoms with E-state index in [4.69, 9.17) is 0 Å². The van der Waals surface area contributed by atoms with Crippen LogP contribution in [0.3, 0.4) is 0 Å². The van der Waals surface area contributed by atoms with E-state index >= 15 is 0 Å². The molecular formula is C17H19BrN2O3S. The van der Waals surface area contributed by atoms with Crippen LogP contribution in [0.15, 0.2) is 53.0 Å². The molecular weight excluding hydrogens is 392 g/mol. The number of carbonyl (C=O) groups excluding carboxylic acids is 1. The first kappa shape index (κ1) is 18.6. The van der Waals surface area contributed by atoms with Crippen molar-refractivity contribution in [2.45, 2.75) is 19.1 Å². The largest absolute Gasteiger partial charge is 0.325 e. The van der Waals surface area contributed by atoms with Crippen LogP contribution in [0.5, 0.6) is 0 Å². The van der Waals surface area contributed by atoms with E-state index in [9.17, 15) is 13.2 Å². The highest BCUT2D eigenvalue weighted by atomic mass is 79.9. The van der Waals surface area contributed by atoms with Crippen LogP contribution in [0.2, 0.25) is 0 Å². The van der Waals surface area contributed by atoms with Gasteiger partial charge in [0.05, 0.1) is 12.3 Å². The van der Waals surface area contributed by atoms with Gasteiger partial charge >= 0.3 is 0 Å². The Bertz CT molecular complexity index is 822. The Balaban J connectivity index is 1.94. The zero-order chi connectivity index (χ0) is 17.6. The molecule has 0 spiro atoms. The fourth-order valence-corrected chi connectivity index (χ4v) is 3.92. The third kappa shape index (κ3) is 5.43. The second-order valence-corrected chi connectivity index (χ2v) is 7.89. The number of halogens is 1. The summed E-state index contributed by atoms with van der Waals surface area (Å²) in [5.41, 5.74) is 2.35. The van der Waals surface area contributed by atoms with Gasteiger partial charge in [-0.2, -0.15) is 0 Å². The molecule has 0 aliphatic carbocycles. The molecule has 128 valence electrons. The number of nitrogens with one attached hydrogen (secondary N) is 2. The number of rotatable bonds is 7. The number of carbonyl (C=O) groups is 1. The van der Waals surface area contributed by atoms with Gasteiger partial charge in [-0.15, -0.1) is 0 Å². The quantitative estimate of drug-likeness (QED) is 0.736. The van der Waals surface area contributed by atoms with Crippen LogP contribution in [-0.4, -0.2) is 20.9 Å². The van der Waals surface area contributed by atoms with Crippen LogP contribution < -0.4 is 10.0 Å². The molecule has 2 aromatic rings. The Morgan fingerprint density at radius 3 is 2.33 bits per heavy atom. The minimum atomic E-state index is -3.60. The van der Waals surface area contributed by atoms with Gasteiger partial charge in [0.1, 0.15) is 0 Å². The predicted molar refractivity (Wildman–Crippen MR) is 99.2 cm³/mol. The molecule has 5 nitrogen and oxygen atoms in total. The number of sulfonamides is 1. The van der Waals surface area contributed by atoms with Crippen LogP contribution in [-0.2, 0) is 27.0 Å². The van der Waals surface area contributed by atoms with Gasteiger partial charge in [-0.25, -0.2) is 13.1 Å². The minimum absolute atomic E-state index is 0.187. The topological polar surface area (TPSA) is 75.3 Å². The molecule has 0 aromatic heterocycles. The van der Waals surface area contributed by atoms with Crippen LogP contribution >= 0.6 is 15.9 Å². The molecule has 2 rings (SSSR count). The molecule has 0 bridgehead atoms. The molecule has 24 heavy (non-hydrogen) atoms. The standard InChI is InChI=1S/C17H19BrN2O3S/c1-2-13-7-4-6-10-16(13)20-17(21)11-19-24(22,23)12-14-8-3-5-9-15(14)18/h3-10,19H,2,11-12H2,1H3,(H,20,21). The van der Waals surface area contributed by atoms with E-state index in [1.54, 1.807) is 24.3 Å². The molecule has 0 saturated heterocycles. The fourth-order valence-electron chi connectivity index (χ4n) is 2.19. The number of benzene rings is 2. The van der Waals surface area contributed by atoms with E-state index in [2.05, 4.69) is 26.0 Å². The van der Waals surface area contributed by atoms with Crippen molar-refractivity contribution in [1.82, 2.24) is 4.72 Å². The highest BCUT2D eigenvalue weighted by Gasteiger charge is 2.15. The van der Waals surface area contributed by atoms with Crippen molar-refractivity contribution in [3.8, 4) is 0 Å². The highest BCUT2D eigenvalue weighted by molar-refractivity contribution is 9.10. The average molecular weight is 411 g/mol. The zero-order valence-corrected chi connectivity index (χ0v) is 15.7. The van der Waals surface area contributed by atoms with Crippen molar-refractivity contribution in [2.24, 2.45) is 0 Å². The van der Waals surface area contributed by atoms with E-state index in [1.165, 1.54) is 0 Å². The summed E-state index contributed by atoms with van der Waals surface area (Å²) < 4.78 is 27.3. The number of para-hydroxylation sites is 1. The highest BCUT2D eigenvalue weighted by Crippen LogP contribution is 2.18. The Morgan fingerprint density at radius 2 is 1.67 bits per heavy atom. The molecule has 7 heteroatoms. The Hall–Kier alpha value is -1.70. The lowest BCUT2D eigenvalue weighted by molar-refractivity contribution is -0.115. The van der Waals surface area contributed by atoms with Crippen molar-refractivity contribution in [1.29, 1.82) is 0 Å². The van der Waals surface area contributed by atoms with Crippen molar-refractivity contribution < 1.29 is 13.2 Å². The Labute approximate surface area is 150 Å². The third-order valence-corrected chi connectivity index (χ3v) is 5.48. The monoisotopic (exact) mass is 410 g/mol. The summed E-state index contributed by atoms with van der Waals surface area (Å²) in [6, 6.07) is 14.5. The van der Waals surface area contributed by atoms with Crippen molar-refractivity contribution in [3.05, 3.63) is 64.1 Å². The summed E-state index contributed by atoms with van der Waals surface area (Å²) in [7, 11) is -3.60. The van der Waals surface area contributed by atoms with Crippen LogP contribution in [0.25, 0.3) is 0 Å². The lowest BCUT2D eigenvalue weighted by atomic mass is 10.1. The van der Waals surface area contributed by atoms with Crippen LogP contribution in [0.4, 0.5) is 5.69 Å². The van der Waals surface area contributed by atoms with Crippen LogP contribution in [0, 0.1) is 0 Å². The van der Waals surface area contributed by atoms with E-state index in [0.717, 1.165) is 16.5 Å². The van der Waals surface area contributed by atoms with E-state index in [1.807, 2.05) is 31.2 Å². The summed E-state index contributed by atoms with van der Waals surface area (Å²) in [5, 5.41) is 2.73. The smallest absolute Gasteiger partial charge is 0.239 e. The van der Waals surface area contributed by atoms with Crippen molar-refractivity contribution in [3.63, 3.8) is 0 Å². The molecule has 2 aromatic carbocycles. The molecule has 0 radical (unpaired) electrons. The predicted octanol–water partition coefficient (Wildman–Crippen LogP) is 3.07. The molecule has 0 saturated carbocycles. The normalized spacial score (nSPS) is 11.2. The molecule has 0 aliphatic rings. The lowest BCUT2D eigenvalue weighted by Gasteiger charge is -2.11. The number of hydrogen-bond acceptors (Lipinski definition) is 3. The van der Waals surface area contributed by atoms with Gasteiger partial charge in [-0.1, -0.05) is 59.3 Å². The number of aryl methyl sites for hydroxylation is 1. The molecule has 0 heterocycles. The fraction of sp³-hybridized carbons (Fsp3) is 0.235. The minimum Gasteiger partial charge on any atom is -0.325 e.